The quantitative estimate of drug-likeness (QED) is 0.720. The lowest BCUT2D eigenvalue weighted by atomic mass is 9.84. The Morgan fingerprint density at radius 2 is 1.70 bits per heavy atom. The lowest BCUT2D eigenvalue weighted by Crippen LogP contribution is -2.44. The highest BCUT2D eigenvalue weighted by molar-refractivity contribution is 5.98. The molecule has 2 fully saturated rings. The van der Waals surface area contributed by atoms with Gasteiger partial charge in [0.05, 0.1) is 12.7 Å². The summed E-state index contributed by atoms with van der Waals surface area (Å²) in [5.74, 6) is -2.91. The van der Waals surface area contributed by atoms with Crippen LogP contribution in [0.4, 0.5) is 8.78 Å². The lowest BCUT2D eigenvalue weighted by molar-refractivity contribution is 0.0674. The summed E-state index contributed by atoms with van der Waals surface area (Å²) in [5.41, 5.74) is 1.11. The van der Waals surface area contributed by atoms with Crippen molar-refractivity contribution < 1.29 is 18.3 Å². The van der Waals surface area contributed by atoms with Crippen LogP contribution < -0.4 is 4.74 Å². The second-order valence-electron chi connectivity index (χ2n) is 7.52. The zero-order valence-electron chi connectivity index (χ0n) is 15.3. The van der Waals surface area contributed by atoms with Crippen LogP contribution in [0.5, 0.6) is 5.75 Å². The SMILES string of the molecule is COc1ccc(C(=O)C2CC3CCC(C2)N3Cc2ccccc2)c(F)c1F. The first kappa shape index (κ1) is 18.1. The van der Waals surface area contributed by atoms with Crippen molar-refractivity contribution in [2.24, 2.45) is 5.92 Å². The third-order valence-corrected chi connectivity index (χ3v) is 6.00. The molecule has 0 aromatic heterocycles. The molecule has 2 aliphatic heterocycles. The zero-order valence-corrected chi connectivity index (χ0v) is 15.3. The topological polar surface area (TPSA) is 29.5 Å². The van der Waals surface area contributed by atoms with Gasteiger partial charge in [0.1, 0.15) is 0 Å². The first-order chi connectivity index (χ1) is 13.1. The maximum atomic E-state index is 14.3. The molecule has 27 heavy (non-hydrogen) atoms. The summed E-state index contributed by atoms with van der Waals surface area (Å²) >= 11 is 0. The fourth-order valence-electron chi connectivity index (χ4n) is 4.64. The zero-order chi connectivity index (χ0) is 19.0. The normalized spacial score (nSPS) is 24.8. The molecule has 2 bridgehead atoms. The Hall–Kier alpha value is -2.27. The average Bonchev–Trinajstić information content (AvgIpc) is 2.91. The molecule has 0 aliphatic carbocycles. The number of hydrogen-bond donors (Lipinski definition) is 0. The summed E-state index contributed by atoms with van der Waals surface area (Å²) in [4.78, 5) is 15.4. The molecule has 3 nitrogen and oxygen atoms in total. The largest absolute Gasteiger partial charge is 0.494 e. The number of rotatable bonds is 5. The molecule has 0 saturated carbocycles. The molecule has 142 valence electrons. The van der Waals surface area contributed by atoms with Crippen LogP contribution in [0, 0.1) is 17.6 Å². The van der Waals surface area contributed by atoms with Crippen LogP contribution in [-0.4, -0.2) is 29.9 Å². The number of methoxy groups -OCH3 is 1. The molecule has 2 heterocycles. The second kappa shape index (κ2) is 7.39. The molecule has 2 saturated heterocycles. The number of nitrogens with zero attached hydrogens (tertiary/aromatic N) is 1. The van der Waals surface area contributed by atoms with Gasteiger partial charge >= 0.3 is 0 Å². The Labute approximate surface area is 157 Å². The fraction of sp³-hybridized carbons (Fsp3) is 0.409. The van der Waals surface area contributed by atoms with E-state index in [0.717, 1.165) is 19.4 Å². The summed E-state index contributed by atoms with van der Waals surface area (Å²) in [6, 6.07) is 13.6. The number of fused-ring (bicyclic) bond motifs is 2. The van der Waals surface area contributed by atoms with E-state index in [1.54, 1.807) is 0 Å². The van der Waals surface area contributed by atoms with Crippen molar-refractivity contribution in [1.29, 1.82) is 0 Å². The minimum Gasteiger partial charge on any atom is -0.494 e. The van der Waals surface area contributed by atoms with Gasteiger partial charge in [-0.05, 0) is 43.4 Å². The molecule has 2 aromatic carbocycles. The average molecular weight is 371 g/mol. The number of piperidine rings is 1. The fourth-order valence-corrected chi connectivity index (χ4v) is 4.64. The van der Waals surface area contributed by atoms with Gasteiger partial charge in [-0.2, -0.15) is 4.39 Å². The van der Waals surface area contributed by atoms with Crippen LogP contribution in [0.1, 0.15) is 41.6 Å². The van der Waals surface area contributed by atoms with E-state index in [4.69, 9.17) is 4.74 Å². The number of benzene rings is 2. The smallest absolute Gasteiger partial charge is 0.201 e. The van der Waals surface area contributed by atoms with Crippen molar-refractivity contribution in [2.45, 2.75) is 44.3 Å². The highest BCUT2D eigenvalue weighted by Gasteiger charge is 2.43. The minimum absolute atomic E-state index is 0.158. The van der Waals surface area contributed by atoms with Gasteiger partial charge in [-0.25, -0.2) is 4.39 Å². The number of hydrogen-bond acceptors (Lipinski definition) is 3. The third kappa shape index (κ3) is 3.36. The van der Waals surface area contributed by atoms with Gasteiger partial charge in [0, 0.05) is 24.5 Å². The molecule has 0 amide bonds. The molecule has 2 unspecified atom stereocenters. The highest BCUT2D eigenvalue weighted by atomic mass is 19.2. The predicted molar refractivity (Wildman–Crippen MR) is 98.8 cm³/mol. The molecule has 2 atom stereocenters. The van der Waals surface area contributed by atoms with E-state index in [0.29, 0.717) is 24.9 Å². The van der Waals surface area contributed by atoms with Gasteiger partial charge < -0.3 is 4.74 Å². The number of ether oxygens (including phenoxy) is 1. The summed E-state index contributed by atoms with van der Waals surface area (Å²) in [6.07, 6.45) is 3.52. The number of carbonyl (C=O) groups is 1. The first-order valence-electron chi connectivity index (χ1n) is 9.44. The van der Waals surface area contributed by atoms with Crippen LogP contribution in [0.25, 0.3) is 0 Å². The Balaban J connectivity index is 1.50. The van der Waals surface area contributed by atoms with E-state index < -0.39 is 11.6 Å². The summed E-state index contributed by atoms with van der Waals surface area (Å²) in [6.45, 7) is 0.878. The van der Waals surface area contributed by atoms with Crippen LogP contribution in [0.15, 0.2) is 42.5 Å². The molecule has 0 radical (unpaired) electrons. The van der Waals surface area contributed by atoms with Gasteiger partial charge in [-0.1, -0.05) is 30.3 Å². The van der Waals surface area contributed by atoms with Gasteiger partial charge in [0.25, 0.3) is 0 Å². The Morgan fingerprint density at radius 1 is 1.04 bits per heavy atom. The number of Topliss-reactive ketones (excluding diaryl/α,β-unsaturated/α-hetero) is 1. The van der Waals surface area contributed by atoms with Crippen molar-refractivity contribution in [2.75, 3.05) is 7.11 Å². The van der Waals surface area contributed by atoms with E-state index in [1.165, 1.54) is 24.8 Å². The molecule has 4 rings (SSSR count). The summed E-state index contributed by atoms with van der Waals surface area (Å²) < 4.78 is 33.1. The first-order valence-corrected chi connectivity index (χ1v) is 9.44. The standard InChI is InChI=1S/C22H23F2NO2/c1-27-19-10-9-18(20(23)21(19)24)22(26)15-11-16-7-8-17(12-15)25(16)13-14-5-3-2-4-6-14/h2-6,9-10,15-17H,7-8,11-13H2,1H3. The highest BCUT2D eigenvalue weighted by Crippen LogP contribution is 2.41. The minimum atomic E-state index is -1.10. The Kier molecular flexibility index (Phi) is 4.96. The number of halogens is 2. The number of carbonyl (C=O) groups excluding carboxylic acids is 1. The third-order valence-electron chi connectivity index (χ3n) is 6.00. The molecule has 5 heteroatoms. The van der Waals surface area contributed by atoms with Gasteiger partial charge in [-0.15, -0.1) is 0 Å². The van der Waals surface area contributed by atoms with Crippen molar-refractivity contribution in [1.82, 2.24) is 4.90 Å². The van der Waals surface area contributed by atoms with Crippen LogP contribution >= 0.6 is 0 Å². The predicted octanol–water partition coefficient (Wildman–Crippen LogP) is 4.60. The van der Waals surface area contributed by atoms with Gasteiger partial charge in [0.2, 0.25) is 5.82 Å². The molecule has 0 N–H and O–H groups in total. The van der Waals surface area contributed by atoms with E-state index in [-0.39, 0.29) is 23.0 Å². The molecule has 0 spiro atoms. The molecular weight excluding hydrogens is 348 g/mol. The van der Waals surface area contributed by atoms with E-state index >= 15 is 0 Å². The number of ketones is 1. The Bertz CT molecular complexity index is 826. The maximum Gasteiger partial charge on any atom is 0.201 e. The molecule has 2 aromatic rings. The lowest BCUT2D eigenvalue weighted by Gasteiger charge is -2.38. The second-order valence-corrected chi connectivity index (χ2v) is 7.52. The summed E-state index contributed by atoms with van der Waals surface area (Å²) in [7, 11) is 1.28. The van der Waals surface area contributed by atoms with Crippen molar-refractivity contribution >= 4 is 5.78 Å². The van der Waals surface area contributed by atoms with Crippen molar-refractivity contribution in [3.05, 3.63) is 65.2 Å². The van der Waals surface area contributed by atoms with Gasteiger partial charge in [-0.3, -0.25) is 9.69 Å². The van der Waals surface area contributed by atoms with Crippen LogP contribution in [0.3, 0.4) is 0 Å². The molecule has 2 aliphatic rings. The van der Waals surface area contributed by atoms with Gasteiger partial charge in [0.15, 0.2) is 17.3 Å². The molecular formula is C22H23F2NO2. The van der Waals surface area contributed by atoms with E-state index in [1.807, 2.05) is 18.2 Å². The maximum absolute atomic E-state index is 14.3. The van der Waals surface area contributed by atoms with Crippen molar-refractivity contribution in [3.63, 3.8) is 0 Å². The van der Waals surface area contributed by atoms with E-state index in [9.17, 15) is 13.6 Å². The van der Waals surface area contributed by atoms with Crippen LogP contribution in [-0.2, 0) is 6.54 Å². The van der Waals surface area contributed by atoms with Crippen molar-refractivity contribution in [3.8, 4) is 5.75 Å². The Morgan fingerprint density at radius 3 is 2.33 bits per heavy atom. The van der Waals surface area contributed by atoms with Crippen LogP contribution in [0.2, 0.25) is 0 Å². The van der Waals surface area contributed by atoms with E-state index in [2.05, 4.69) is 17.0 Å². The summed E-state index contributed by atoms with van der Waals surface area (Å²) in [5, 5.41) is 0. The monoisotopic (exact) mass is 371 g/mol.